The molecule has 0 aromatic heterocycles. The van der Waals surface area contributed by atoms with E-state index in [0.717, 1.165) is 57.3 Å². The van der Waals surface area contributed by atoms with E-state index >= 15 is 0 Å². The minimum atomic E-state index is -0.833. The number of carboxylic acid groups (broad SMARTS) is 1. The van der Waals surface area contributed by atoms with Crippen LogP contribution in [0.3, 0.4) is 0 Å². The summed E-state index contributed by atoms with van der Waals surface area (Å²) in [4.78, 5) is 23.1. The smallest absolute Gasteiger partial charge is 0.300 e. The lowest BCUT2D eigenvalue weighted by Crippen LogP contribution is -2.48. The molecule has 5 N–H and O–H groups in total. The summed E-state index contributed by atoms with van der Waals surface area (Å²) in [7, 11) is 0. The number of hydrogen-bond acceptors (Lipinski definition) is 5. The number of likely N-dealkylation sites (tertiary alicyclic amines) is 1. The van der Waals surface area contributed by atoms with Crippen LogP contribution in [0.5, 0.6) is 0 Å². The van der Waals surface area contributed by atoms with Gasteiger partial charge in [-0.25, -0.2) is 0 Å². The molecule has 1 saturated heterocycles. The first-order chi connectivity index (χ1) is 10.9. The molecule has 8 heteroatoms. The lowest BCUT2D eigenvalue weighted by Gasteiger charge is -2.33. The Morgan fingerprint density at radius 1 is 1.39 bits per heavy atom. The van der Waals surface area contributed by atoms with Gasteiger partial charge >= 0.3 is 0 Å². The molecule has 1 amide bonds. The number of halogens is 1. The minimum Gasteiger partial charge on any atom is -0.481 e. The number of rotatable bonds is 8. The zero-order valence-corrected chi connectivity index (χ0v) is 15.5. The van der Waals surface area contributed by atoms with Gasteiger partial charge in [-0.3, -0.25) is 9.59 Å². The van der Waals surface area contributed by atoms with Crippen LogP contribution in [0.1, 0.15) is 32.6 Å². The normalized spacial score (nSPS) is 16.4. The van der Waals surface area contributed by atoms with E-state index in [1.807, 2.05) is 4.90 Å². The second-order valence-electron chi connectivity index (χ2n) is 5.59. The first-order valence-electron chi connectivity index (χ1n) is 8.00. The molecule has 1 aliphatic heterocycles. The number of thioether (sulfide) groups is 1. The van der Waals surface area contributed by atoms with Crippen molar-refractivity contribution in [3.05, 3.63) is 0 Å². The molecule has 0 bridgehead atoms. The highest BCUT2D eigenvalue weighted by Crippen LogP contribution is 2.21. The molecule has 23 heavy (non-hydrogen) atoms. The molecular weight excluding hydrogens is 338 g/mol. The van der Waals surface area contributed by atoms with Gasteiger partial charge in [-0.15, -0.1) is 11.6 Å². The van der Waals surface area contributed by atoms with Crippen molar-refractivity contribution in [2.75, 3.05) is 37.0 Å². The molecule has 1 atom stereocenters. The largest absolute Gasteiger partial charge is 0.481 e. The number of nitrogens with two attached hydrogens (primary N) is 2. The summed E-state index contributed by atoms with van der Waals surface area (Å²) in [5, 5.41) is 7.42. The molecule has 6 nitrogen and oxygen atoms in total. The summed E-state index contributed by atoms with van der Waals surface area (Å²) in [6.45, 7) is 3.45. The van der Waals surface area contributed by atoms with E-state index in [1.165, 1.54) is 0 Å². The van der Waals surface area contributed by atoms with Crippen LogP contribution in [0.4, 0.5) is 0 Å². The number of aliphatic carboxylic acids is 1. The standard InChI is InChI=1S/C13H26ClN3OS.C2H4O2/c14-5-2-11-3-7-17(8-4-11)13(18)12(16)10-19-9-1-6-15;1-2(3)4/h11-12H,1-10,15-16H2;1H3,(H,3,4)/t12-;/m0./s1. The molecule has 0 spiro atoms. The van der Waals surface area contributed by atoms with Gasteiger partial charge in [0.2, 0.25) is 5.91 Å². The number of nitrogens with zero attached hydrogens (tertiary/aromatic N) is 1. The van der Waals surface area contributed by atoms with Gasteiger partial charge in [-0.1, -0.05) is 0 Å². The molecule has 1 heterocycles. The average Bonchev–Trinajstić information content (AvgIpc) is 2.51. The third kappa shape index (κ3) is 11.6. The Kier molecular flexibility index (Phi) is 13.6. The second-order valence-corrected chi connectivity index (χ2v) is 7.12. The van der Waals surface area contributed by atoms with Crippen LogP contribution in [0, 0.1) is 5.92 Å². The Bertz CT molecular complexity index is 336. The van der Waals surface area contributed by atoms with Crippen LogP contribution in [0.25, 0.3) is 0 Å². The molecule has 1 fully saturated rings. The Morgan fingerprint density at radius 2 is 1.96 bits per heavy atom. The third-order valence-corrected chi connectivity index (χ3v) is 4.94. The minimum absolute atomic E-state index is 0.101. The topological polar surface area (TPSA) is 110 Å². The number of amides is 1. The number of carboxylic acids is 1. The molecule has 0 saturated carbocycles. The van der Waals surface area contributed by atoms with E-state index in [9.17, 15) is 4.79 Å². The van der Waals surface area contributed by atoms with E-state index in [1.54, 1.807) is 11.8 Å². The average molecular weight is 368 g/mol. The fourth-order valence-corrected chi connectivity index (χ4v) is 3.54. The Labute approximate surface area is 148 Å². The monoisotopic (exact) mass is 367 g/mol. The fourth-order valence-electron chi connectivity index (χ4n) is 2.30. The molecule has 0 aliphatic carbocycles. The fraction of sp³-hybridized carbons (Fsp3) is 0.867. The van der Waals surface area contributed by atoms with Gasteiger partial charge in [0.25, 0.3) is 5.97 Å². The predicted octanol–water partition coefficient (Wildman–Crippen LogP) is 1.35. The number of carbonyl (C=O) groups excluding carboxylic acids is 1. The van der Waals surface area contributed by atoms with Crippen LogP contribution in [0.15, 0.2) is 0 Å². The highest BCUT2D eigenvalue weighted by molar-refractivity contribution is 7.99. The molecule has 0 aromatic rings. The summed E-state index contributed by atoms with van der Waals surface area (Å²) in [5.41, 5.74) is 11.4. The number of hydrogen-bond donors (Lipinski definition) is 3. The van der Waals surface area contributed by atoms with Gasteiger partial charge in [0.05, 0.1) is 6.04 Å². The van der Waals surface area contributed by atoms with E-state index in [2.05, 4.69) is 0 Å². The molecular formula is C15H30ClN3O3S. The van der Waals surface area contributed by atoms with Gasteiger partial charge in [-0.2, -0.15) is 11.8 Å². The quantitative estimate of drug-likeness (QED) is 0.441. The van der Waals surface area contributed by atoms with Crippen molar-refractivity contribution in [2.24, 2.45) is 17.4 Å². The highest BCUT2D eigenvalue weighted by Gasteiger charge is 2.25. The maximum absolute atomic E-state index is 12.2. The van der Waals surface area contributed by atoms with Crippen molar-refractivity contribution >= 4 is 35.2 Å². The van der Waals surface area contributed by atoms with Crippen molar-refractivity contribution in [1.82, 2.24) is 4.90 Å². The first kappa shape index (κ1) is 22.5. The van der Waals surface area contributed by atoms with Crippen molar-refractivity contribution in [2.45, 2.75) is 38.6 Å². The Balaban J connectivity index is 0.00000108. The van der Waals surface area contributed by atoms with Crippen LogP contribution >= 0.6 is 23.4 Å². The lowest BCUT2D eigenvalue weighted by atomic mass is 9.94. The van der Waals surface area contributed by atoms with Crippen LogP contribution in [-0.2, 0) is 9.59 Å². The van der Waals surface area contributed by atoms with Crippen molar-refractivity contribution in [3.8, 4) is 0 Å². The Hall–Kier alpha value is -0.500. The number of alkyl halides is 1. The Morgan fingerprint density at radius 3 is 2.43 bits per heavy atom. The maximum Gasteiger partial charge on any atom is 0.300 e. The highest BCUT2D eigenvalue weighted by atomic mass is 35.5. The summed E-state index contributed by atoms with van der Waals surface area (Å²) >= 11 is 7.47. The summed E-state index contributed by atoms with van der Waals surface area (Å²) in [5.74, 6) is 2.34. The molecule has 1 aliphatic rings. The van der Waals surface area contributed by atoms with Crippen LogP contribution < -0.4 is 11.5 Å². The SMILES string of the molecule is CC(=O)O.NCCCSC[C@H](N)C(=O)N1CCC(CCCl)CC1. The van der Waals surface area contributed by atoms with Crippen molar-refractivity contribution in [3.63, 3.8) is 0 Å². The summed E-state index contributed by atoms with van der Waals surface area (Å²) < 4.78 is 0. The zero-order valence-electron chi connectivity index (χ0n) is 13.9. The predicted molar refractivity (Wildman–Crippen MR) is 96.9 cm³/mol. The zero-order chi connectivity index (χ0) is 17.7. The van der Waals surface area contributed by atoms with Gasteiger partial charge < -0.3 is 21.5 Å². The van der Waals surface area contributed by atoms with E-state index in [4.69, 9.17) is 33.0 Å². The maximum atomic E-state index is 12.2. The van der Waals surface area contributed by atoms with Gasteiger partial charge in [-0.05, 0) is 43.9 Å². The van der Waals surface area contributed by atoms with E-state index in [-0.39, 0.29) is 11.9 Å². The van der Waals surface area contributed by atoms with Crippen molar-refractivity contribution in [1.29, 1.82) is 0 Å². The molecule has 136 valence electrons. The van der Waals surface area contributed by atoms with Crippen LogP contribution in [-0.4, -0.2) is 64.9 Å². The van der Waals surface area contributed by atoms with Crippen LogP contribution in [0.2, 0.25) is 0 Å². The van der Waals surface area contributed by atoms with E-state index < -0.39 is 5.97 Å². The van der Waals surface area contributed by atoms with Gasteiger partial charge in [0.1, 0.15) is 0 Å². The first-order valence-corrected chi connectivity index (χ1v) is 9.69. The number of piperidine rings is 1. The molecule has 0 aromatic carbocycles. The molecule has 0 unspecified atom stereocenters. The van der Waals surface area contributed by atoms with Gasteiger partial charge in [0, 0.05) is 31.6 Å². The number of carbonyl (C=O) groups is 2. The summed E-state index contributed by atoms with van der Waals surface area (Å²) in [6.07, 6.45) is 4.16. The molecule has 1 rings (SSSR count). The lowest BCUT2D eigenvalue weighted by molar-refractivity contribution is -0.134. The van der Waals surface area contributed by atoms with E-state index in [0.29, 0.717) is 18.2 Å². The van der Waals surface area contributed by atoms with Gasteiger partial charge in [0.15, 0.2) is 0 Å². The summed E-state index contributed by atoms with van der Waals surface area (Å²) in [6, 6.07) is -0.368. The van der Waals surface area contributed by atoms with Crippen molar-refractivity contribution < 1.29 is 14.7 Å². The second kappa shape index (κ2) is 13.9. The third-order valence-electron chi connectivity index (χ3n) is 3.55. The molecule has 0 radical (unpaired) electrons.